The van der Waals surface area contributed by atoms with Gasteiger partial charge >= 0.3 is 17.9 Å². The Bertz CT molecular complexity index is 562. The maximum atomic E-state index is 11.4. The van der Waals surface area contributed by atoms with Crippen molar-refractivity contribution in [1.82, 2.24) is 4.90 Å². The monoisotopic (exact) mass is 353 g/mol. The minimum absolute atomic E-state index is 0.124. The van der Waals surface area contributed by atoms with E-state index in [9.17, 15) is 19.2 Å². The van der Waals surface area contributed by atoms with Crippen molar-refractivity contribution in [3.05, 3.63) is 12.2 Å². The number of terminal acetylenes is 1. The number of ether oxygens (including phenoxy) is 3. The quantitative estimate of drug-likeness (QED) is 0.257. The second-order valence-electron chi connectivity index (χ2n) is 5.06. The zero-order valence-electron chi connectivity index (χ0n) is 14.8. The van der Waals surface area contributed by atoms with Gasteiger partial charge in [0.1, 0.15) is 6.61 Å². The molecule has 0 heterocycles. The lowest BCUT2D eigenvalue weighted by atomic mass is 10.2. The molecule has 138 valence electrons. The molecule has 0 saturated carbocycles. The Hall–Kier alpha value is -2.82. The van der Waals surface area contributed by atoms with Crippen LogP contribution in [0.1, 0.15) is 27.7 Å². The first kappa shape index (κ1) is 22.2. The number of esters is 3. The highest BCUT2D eigenvalue weighted by Crippen LogP contribution is 2.09. The lowest BCUT2D eigenvalue weighted by Gasteiger charge is -2.24. The van der Waals surface area contributed by atoms with Gasteiger partial charge in [0.15, 0.2) is 12.2 Å². The number of rotatable bonds is 9. The molecule has 0 N–H and O–H groups in total. The average molecular weight is 353 g/mol. The smallest absolute Gasteiger partial charge is 0.303 e. The van der Waals surface area contributed by atoms with E-state index in [1.165, 1.54) is 38.7 Å². The molecule has 0 aromatic heterocycles. The minimum Gasteiger partial charge on any atom is -0.462 e. The predicted octanol–water partition coefficient (Wildman–Crippen LogP) is 0.451. The van der Waals surface area contributed by atoms with Gasteiger partial charge < -0.3 is 19.1 Å². The third-order valence-electron chi connectivity index (χ3n) is 2.82. The molecule has 0 aromatic rings. The van der Waals surface area contributed by atoms with Crippen molar-refractivity contribution in [3.8, 4) is 12.3 Å². The molecule has 0 radical (unpaired) electrons. The summed E-state index contributed by atoms with van der Waals surface area (Å²) in [6.07, 6.45) is 6.19. The van der Waals surface area contributed by atoms with E-state index in [1.54, 1.807) is 6.08 Å². The van der Waals surface area contributed by atoms with Crippen LogP contribution in [0.4, 0.5) is 0 Å². The molecule has 0 aromatic carbocycles. The van der Waals surface area contributed by atoms with Crippen LogP contribution < -0.4 is 0 Å². The Morgan fingerprint density at radius 1 is 1.04 bits per heavy atom. The average Bonchev–Trinajstić information content (AvgIpc) is 2.48. The third kappa shape index (κ3) is 10.5. The molecule has 8 nitrogen and oxygen atoms in total. The second kappa shape index (κ2) is 11.7. The van der Waals surface area contributed by atoms with Gasteiger partial charge in [-0.3, -0.25) is 19.2 Å². The maximum Gasteiger partial charge on any atom is 0.303 e. The van der Waals surface area contributed by atoms with E-state index < -0.39 is 30.1 Å². The van der Waals surface area contributed by atoms with E-state index in [4.69, 9.17) is 20.6 Å². The van der Waals surface area contributed by atoms with Crippen LogP contribution in [0.3, 0.4) is 0 Å². The van der Waals surface area contributed by atoms with Gasteiger partial charge in [-0.1, -0.05) is 12.0 Å². The van der Waals surface area contributed by atoms with Crippen LogP contribution >= 0.6 is 0 Å². The van der Waals surface area contributed by atoms with E-state index in [0.29, 0.717) is 0 Å². The second-order valence-corrected chi connectivity index (χ2v) is 5.06. The number of amides is 1. The summed E-state index contributed by atoms with van der Waals surface area (Å²) < 4.78 is 15.0. The van der Waals surface area contributed by atoms with Crippen molar-refractivity contribution < 1.29 is 33.4 Å². The Morgan fingerprint density at radius 2 is 1.64 bits per heavy atom. The SMILES string of the molecule is C#CCN(C/C=C/[C@H](OC(C)=O)[C@@H](COC(C)=O)OC(C)=O)C(C)=O. The number of hydrogen-bond donors (Lipinski definition) is 0. The van der Waals surface area contributed by atoms with E-state index in [2.05, 4.69) is 5.92 Å². The fraction of sp³-hybridized carbons (Fsp3) is 0.529. The minimum atomic E-state index is -1.01. The fourth-order valence-electron chi connectivity index (χ4n) is 1.78. The van der Waals surface area contributed by atoms with Crippen molar-refractivity contribution in [3.63, 3.8) is 0 Å². The first-order chi connectivity index (χ1) is 11.7. The molecular weight excluding hydrogens is 330 g/mol. The van der Waals surface area contributed by atoms with Gasteiger partial charge in [-0.25, -0.2) is 0 Å². The molecule has 0 aliphatic carbocycles. The van der Waals surface area contributed by atoms with Crippen molar-refractivity contribution in [2.75, 3.05) is 19.7 Å². The van der Waals surface area contributed by atoms with Gasteiger partial charge in [0.05, 0.1) is 6.54 Å². The molecule has 0 spiro atoms. The summed E-state index contributed by atoms with van der Waals surface area (Å²) in [5, 5.41) is 0. The van der Waals surface area contributed by atoms with E-state index in [0.717, 1.165) is 0 Å². The zero-order chi connectivity index (χ0) is 19.4. The highest BCUT2D eigenvalue weighted by molar-refractivity contribution is 5.73. The molecule has 0 saturated heterocycles. The van der Waals surface area contributed by atoms with Crippen LogP contribution in [0.25, 0.3) is 0 Å². The summed E-state index contributed by atoms with van der Waals surface area (Å²) >= 11 is 0. The molecule has 1 amide bonds. The van der Waals surface area contributed by atoms with Crippen LogP contribution in [-0.4, -0.2) is 60.6 Å². The van der Waals surface area contributed by atoms with Crippen molar-refractivity contribution in [2.24, 2.45) is 0 Å². The summed E-state index contributed by atoms with van der Waals surface area (Å²) in [6.45, 7) is 4.97. The van der Waals surface area contributed by atoms with Crippen LogP contribution in [-0.2, 0) is 33.4 Å². The summed E-state index contributed by atoms with van der Waals surface area (Å²) in [6, 6.07) is 0. The molecule has 2 atom stereocenters. The number of carbonyl (C=O) groups is 4. The number of nitrogens with zero attached hydrogens (tertiary/aromatic N) is 1. The summed E-state index contributed by atoms with van der Waals surface area (Å²) in [5.74, 6) is 0.337. The normalized spacial score (nSPS) is 12.6. The molecule has 0 fully saturated rings. The van der Waals surface area contributed by atoms with Crippen LogP contribution in [0.2, 0.25) is 0 Å². The molecule has 25 heavy (non-hydrogen) atoms. The summed E-state index contributed by atoms with van der Waals surface area (Å²) in [7, 11) is 0. The van der Waals surface area contributed by atoms with Gasteiger partial charge in [-0.05, 0) is 6.08 Å². The van der Waals surface area contributed by atoms with Gasteiger partial charge in [-0.15, -0.1) is 6.42 Å². The highest BCUT2D eigenvalue weighted by Gasteiger charge is 2.26. The first-order valence-electron chi connectivity index (χ1n) is 7.50. The first-order valence-corrected chi connectivity index (χ1v) is 7.50. The highest BCUT2D eigenvalue weighted by atomic mass is 16.6. The zero-order valence-corrected chi connectivity index (χ0v) is 14.8. The van der Waals surface area contributed by atoms with Gasteiger partial charge in [0.2, 0.25) is 5.91 Å². The topological polar surface area (TPSA) is 99.2 Å². The Morgan fingerprint density at radius 3 is 2.08 bits per heavy atom. The molecule has 0 rings (SSSR count). The van der Waals surface area contributed by atoms with E-state index in [-0.39, 0.29) is 25.6 Å². The molecule has 0 aliphatic heterocycles. The van der Waals surface area contributed by atoms with Gasteiger partial charge in [0.25, 0.3) is 0 Å². The van der Waals surface area contributed by atoms with Gasteiger partial charge in [-0.2, -0.15) is 0 Å². The Labute approximate surface area is 147 Å². The lowest BCUT2D eigenvalue weighted by Crippen LogP contribution is -2.37. The van der Waals surface area contributed by atoms with Crippen LogP contribution in [0, 0.1) is 12.3 Å². The fourth-order valence-corrected chi connectivity index (χ4v) is 1.78. The van der Waals surface area contributed by atoms with Crippen molar-refractivity contribution in [2.45, 2.75) is 39.9 Å². The van der Waals surface area contributed by atoms with Gasteiger partial charge in [0, 0.05) is 34.2 Å². The van der Waals surface area contributed by atoms with Crippen molar-refractivity contribution >= 4 is 23.8 Å². The third-order valence-corrected chi connectivity index (χ3v) is 2.82. The van der Waals surface area contributed by atoms with E-state index in [1.807, 2.05) is 0 Å². The molecular formula is C17H23NO7. The molecule has 0 unspecified atom stereocenters. The Kier molecular flexibility index (Phi) is 10.4. The summed E-state index contributed by atoms with van der Waals surface area (Å²) in [5.41, 5.74) is 0. The predicted molar refractivity (Wildman–Crippen MR) is 88.0 cm³/mol. The van der Waals surface area contributed by atoms with Crippen LogP contribution in [0.15, 0.2) is 12.2 Å². The lowest BCUT2D eigenvalue weighted by molar-refractivity contribution is -0.169. The largest absolute Gasteiger partial charge is 0.462 e. The molecule has 0 aliphatic rings. The standard InChI is InChI=1S/C17H23NO7/c1-6-9-18(12(2)19)10-7-8-16(24-14(4)21)17(25-15(5)22)11-23-13(3)20/h1,7-8,16-17H,9-11H2,2-5H3/b8-7+/t16-,17+/m0/s1. The summed E-state index contributed by atoms with van der Waals surface area (Å²) in [4.78, 5) is 46.3. The number of carbonyl (C=O) groups excluding carboxylic acids is 4. The molecule has 0 bridgehead atoms. The van der Waals surface area contributed by atoms with Crippen molar-refractivity contribution in [1.29, 1.82) is 0 Å². The molecule has 8 heteroatoms. The Balaban J connectivity index is 5.19. The van der Waals surface area contributed by atoms with Crippen LogP contribution in [0.5, 0.6) is 0 Å². The maximum absolute atomic E-state index is 11.4. The van der Waals surface area contributed by atoms with E-state index >= 15 is 0 Å². The number of hydrogen-bond acceptors (Lipinski definition) is 7.